The van der Waals surface area contributed by atoms with E-state index >= 15 is 0 Å². The predicted octanol–water partition coefficient (Wildman–Crippen LogP) is 6.19. The van der Waals surface area contributed by atoms with Crippen LogP contribution in [0.15, 0.2) is 107 Å². The molecule has 2 aliphatic rings. The van der Waals surface area contributed by atoms with Gasteiger partial charge in [-0.3, -0.25) is 28.8 Å². The Morgan fingerprint density at radius 1 is 0.512 bits per heavy atom. The van der Waals surface area contributed by atoms with Gasteiger partial charge in [-0.1, -0.05) is 36.4 Å². The number of hydrogen-bond acceptors (Lipinski definition) is 9. The van der Waals surface area contributed by atoms with E-state index in [-0.39, 0.29) is 45.3 Å². The molecule has 0 bridgehead atoms. The van der Waals surface area contributed by atoms with Gasteiger partial charge in [0, 0.05) is 32.0 Å². The number of ketones is 6. The molecule has 7 nitrogen and oxygen atoms in total. The van der Waals surface area contributed by atoms with Gasteiger partial charge in [-0.25, -0.2) is 0 Å². The molecular weight excluding hydrogens is 585 g/mol. The number of carbonyl (C=O) groups excluding carboxylic acids is 6. The molecule has 2 atom stereocenters. The lowest BCUT2D eigenvalue weighted by Crippen LogP contribution is -2.27. The van der Waals surface area contributed by atoms with Crippen LogP contribution in [0.5, 0.6) is 11.5 Å². The van der Waals surface area contributed by atoms with Crippen LogP contribution < -0.4 is 4.74 Å². The number of carbonyl (C=O) groups is 6. The van der Waals surface area contributed by atoms with Crippen molar-refractivity contribution in [3.8, 4) is 11.5 Å². The minimum atomic E-state index is -1.39. The molecule has 0 heterocycles. The van der Waals surface area contributed by atoms with Crippen LogP contribution in [0.4, 0.5) is 0 Å². The Balaban J connectivity index is 1.14. The molecule has 0 radical (unpaired) electrons. The van der Waals surface area contributed by atoms with Crippen LogP contribution in [0.1, 0.15) is 41.4 Å². The number of benzene rings is 4. The first kappa shape index (κ1) is 28.5. The van der Waals surface area contributed by atoms with E-state index in [0.29, 0.717) is 0 Å². The summed E-state index contributed by atoms with van der Waals surface area (Å²) in [7, 11) is 0. The first-order valence-corrected chi connectivity index (χ1v) is 15.3. The van der Waals surface area contributed by atoms with Crippen molar-refractivity contribution in [3.05, 3.63) is 119 Å². The first-order valence-electron chi connectivity index (χ1n) is 13.4. The van der Waals surface area contributed by atoms with Gasteiger partial charge >= 0.3 is 0 Å². The molecule has 43 heavy (non-hydrogen) atoms. The molecule has 4 aromatic rings. The van der Waals surface area contributed by atoms with Crippen molar-refractivity contribution in [2.24, 2.45) is 11.8 Å². The Hall–Kier alpha value is -4.60. The Morgan fingerprint density at radius 2 is 0.884 bits per heavy atom. The predicted molar refractivity (Wildman–Crippen MR) is 162 cm³/mol. The lowest BCUT2D eigenvalue weighted by atomic mass is 10.00. The fourth-order valence-corrected chi connectivity index (χ4v) is 6.75. The smallest absolute Gasteiger partial charge is 0.182 e. The first-order chi connectivity index (χ1) is 20.8. The van der Waals surface area contributed by atoms with E-state index in [9.17, 15) is 28.8 Å². The van der Waals surface area contributed by atoms with E-state index in [2.05, 4.69) is 0 Å². The molecule has 0 aliphatic heterocycles. The Morgan fingerprint density at radius 3 is 1.28 bits per heavy atom. The van der Waals surface area contributed by atoms with Crippen LogP contribution >= 0.6 is 23.5 Å². The fourth-order valence-electron chi connectivity index (χ4n) is 5.10. The summed E-state index contributed by atoms with van der Waals surface area (Å²) in [5.41, 5.74) is 0.508. The van der Waals surface area contributed by atoms with Gasteiger partial charge in [0.2, 0.25) is 0 Å². The van der Waals surface area contributed by atoms with Gasteiger partial charge < -0.3 is 4.74 Å². The Bertz CT molecular complexity index is 1680. The number of fused-ring (bicyclic) bond motifs is 2. The van der Waals surface area contributed by atoms with Crippen molar-refractivity contribution in [1.29, 1.82) is 0 Å². The van der Waals surface area contributed by atoms with Crippen molar-refractivity contribution in [3.63, 3.8) is 0 Å². The zero-order valence-corrected chi connectivity index (χ0v) is 24.1. The molecule has 9 heteroatoms. The number of ether oxygens (including phenoxy) is 1. The van der Waals surface area contributed by atoms with E-state index < -0.39 is 46.5 Å². The van der Waals surface area contributed by atoms with Crippen LogP contribution in [0.25, 0.3) is 0 Å². The maximum Gasteiger partial charge on any atom is 0.182 e. The van der Waals surface area contributed by atoms with Crippen LogP contribution in [0, 0.1) is 11.8 Å². The number of hydrogen-bond donors (Lipinski definition) is 0. The van der Waals surface area contributed by atoms with Gasteiger partial charge in [0.15, 0.2) is 34.7 Å². The fraction of sp³-hybridized carbons (Fsp3) is 0.118. The second-order valence-corrected chi connectivity index (χ2v) is 12.1. The highest BCUT2D eigenvalue weighted by Gasteiger charge is 2.44. The largest absolute Gasteiger partial charge is 0.457 e. The second-order valence-electron chi connectivity index (χ2n) is 9.98. The normalized spacial score (nSPS) is 17.1. The van der Waals surface area contributed by atoms with E-state index in [1.807, 2.05) is 60.7 Å². The second kappa shape index (κ2) is 11.9. The lowest BCUT2D eigenvalue weighted by Gasteiger charge is -2.08. The summed E-state index contributed by atoms with van der Waals surface area (Å²) in [4.78, 5) is 79.6. The van der Waals surface area contributed by atoms with E-state index in [1.54, 1.807) is 0 Å². The number of thioether (sulfide) groups is 2. The molecule has 0 N–H and O–H groups in total. The highest BCUT2D eigenvalue weighted by molar-refractivity contribution is 8.00. The van der Waals surface area contributed by atoms with Crippen molar-refractivity contribution in [2.45, 2.75) is 9.79 Å². The van der Waals surface area contributed by atoms with Crippen LogP contribution in [0.2, 0.25) is 0 Å². The molecule has 2 aliphatic carbocycles. The van der Waals surface area contributed by atoms with E-state index in [4.69, 9.17) is 4.74 Å². The summed E-state index contributed by atoms with van der Waals surface area (Å²) in [6.45, 7) is 0. The molecule has 0 fully saturated rings. The third-order valence-electron chi connectivity index (χ3n) is 7.22. The molecule has 0 saturated heterocycles. The van der Waals surface area contributed by atoms with E-state index in [1.165, 1.54) is 59.9 Å². The minimum Gasteiger partial charge on any atom is -0.457 e. The van der Waals surface area contributed by atoms with Crippen LogP contribution in [-0.4, -0.2) is 46.2 Å². The number of Topliss-reactive ketones (excluding diaryl/α,β-unsaturated/α-hetero) is 6. The molecule has 4 aromatic carbocycles. The Kier molecular flexibility index (Phi) is 7.92. The summed E-state index contributed by atoms with van der Waals surface area (Å²) >= 11 is 2.53. The summed E-state index contributed by atoms with van der Waals surface area (Å²) < 4.78 is 5.89. The lowest BCUT2D eigenvalue weighted by molar-refractivity contribution is -0.118. The maximum absolute atomic E-state index is 13.1. The van der Waals surface area contributed by atoms with Gasteiger partial charge in [-0.2, -0.15) is 0 Å². The summed E-state index contributed by atoms with van der Waals surface area (Å²) in [6, 6.07) is 27.2. The van der Waals surface area contributed by atoms with Crippen molar-refractivity contribution >= 4 is 58.2 Å². The van der Waals surface area contributed by atoms with Gasteiger partial charge in [0.25, 0.3) is 0 Å². The molecule has 0 aromatic heterocycles. The molecular formula is C34H22O7S2. The van der Waals surface area contributed by atoms with Gasteiger partial charge in [0.1, 0.15) is 23.3 Å². The van der Waals surface area contributed by atoms with E-state index in [0.717, 1.165) is 9.79 Å². The summed E-state index contributed by atoms with van der Waals surface area (Å²) in [5, 5.41) is 0. The van der Waals surface area contributed by atoms with Crippen LogP contribution in [-0.2, 0) is 9.59 Å². The van der Waals surface area contributed by atoms with Crippen molar-refractivity contribution in [2.75, 3.05) is 11.5 Å². The highest BCUT2D eigenvalue weighted by Crippen LogP contribution is 2.36. The minimum absolute atomic E-state index is 0.0141. The molecule has 0 saturated carbocycles. The SMILES string of the molecule is O=C(CSc1ccccc1)C1C(=O)c2ccc(Oc3ccc4c(c3)C(=O)C(C(=O)CSc3ccccc3)C4=O)cc2C1=O. The van der Waals surface area contributed by atoms with Crippen molar-refractivity contribution < 1.29 is 33.5 Å². The van der Waals surface area contributed by atoms with Crippen LogP contribution in [0.3, 0.4) is 0 Å². The zero-order valence-electron chi connectivity index (χ0n) is 22.5. The molecule has 6 rings (SSSR count). The quantitative estimate of drug-likeness (QED) is 0.154. The third kappa shape index (κ3) is 5.61. The summed E-state index contributed by atoms with van der Waals surface area (Å²) in [5.74, 6) is -5.52. The average molecular weight is 607 g/mol. The topological polar surface area (TPSA) is 112 Å². The highest BCUT2D eigenvalue weighted by atomic mass is 32.2. The molecule has 0 amide bonds. The third-order valence-corrected chi connectivity index (χ3v) is 9.29. The standard InChI is InChI=1S/C34H22O7S2/c35-27(17-42-21-7-3-1-4-8-21)29-31(37)23-13-11-19(15-25(23)33(29)39)41-20-12-14-24-26(16-20)34(40)30(32(24)38)28(36)18-43-22-9-5-2-6-10-22/h1-16,29-30H,17-18H2. The molecule has 2 unspecified atom stereocenters. The average Bonchev–Trinajstić information content (AvgIpc) is 3.43. The number of rotatable bonds is 10. The van der Waals surface area contributed by atoms with Gasteiger partial charge in [-0.15, -0.1) is 23.5 Å². The Labute approximate surface area is 255 Å². The zero-order chi connectivity index (χ0) is 30.1. The molecule has 212 valence electrons. The van der Waals surface area contributed by atoms with Crippen molar-refractivity contribution in [1.82, 2.24) is 0 Å². The maximum atomic E-state index is 13.1. The summed E-state index contributed by atoms with van der Waals surface area (Å²) in [6.07, 6.45) is 0. The van der Waals surface area contributed by atoms with Gasteiger partial charge in [0.05, 0.1) is 11.5 Å². The van der Waals surface area contributed by atoms with Gasteiger partial charge in [-0.05, 0) is 60.7 Å². The molecule has 0 spiro atoms. The monoisotopic (exact) mass is 606 g/mol.